The summed E-state index contributed by atoms with van der Waals surface area (Å²) < 4.78 is 0. The lowest BCUT2D eigenvalue weighted by atomic mass is 9.93. The zero-order chi connectivity index (χ0) is 37.4. The number of pyridine rings is 1. The monoisotopic (exact) mass is 714 g/mol. The van der Waals surface area contributed by atoms with E-state index in [1.165, 1.54) is 0 Å². The molecule has 0 amide bonds. The summed E-state index contributed by atoms with van der Waals surface area (Å²) in [6.07, 6.45) is 0. The molecule has 6 heteroatoms. The van der Waals surface area contributed by atoms with Gasteiger partial charge in [0.1, 0.15) is 0 Å². The van der Waals surface area contributed by atoms with Gasteiger partial charge in [-0.2, -0.15) is 0 Å². The highest BCUT2D eigenvalue weighted by molar-refractivity contribution is 6.25. The quantitative estimate of drug-likeness (QED) is 0.127. The molecule has 7 aromatic carbocycles. The average Bonchev–Trinajstić information content (AvgIpc) is 3.29. The molecule has 10 aromatic rings. The Morgan fingerprint density at radius 1 is 0.375 bits per heavy atom. The van der Waals surface area contributed by atoms with Crippen LogP contribution in [0.5, 0.6) is 0 Å². The number of nitrogens with zero attached hydrogens (tertiary/aromatic N) is 6. The van der Waals surface area contributed by atoms with Crippen LogP contribution in [-0.4, -0.2) is 24.9 Å². The van der Waals surface area contributed by atoms with Gasteiger partial charge < -0.3 is 0 Å². The average molecular weight is 715 g/mol. The molecule has 0 saturated heterocycles. The highest BCUT2D eigenvalue weighted by Gasteiger charge is 2.23. The van der Waals surface area contributed by atoms with Crippen LogP contribution in [-0.2, 0) is 0 Å². The topological polar surface area (TPSA) is 68.8 Å². The Bertz CT molecular complexity index is 3070. The van der Waals surface area contributed by atoms with Crippen LogP contribution < -0.4 is 0 Å². The van der Waals surface area contributed by atoms with E-state index in [0.29, 0.717) is 28.2 Å². The Kier molecular flexibility index (Phi) is 8.09. The molecular weight excluding hydrogens is 685 g/mol. The summed E-state index contributed by atoms with van der Waals surface area (Å²) in [7, 11) is 0. The van der Waals surface area contributed by atoms with E-state index in [9.17, 15) is 0 Å². The normalized spacial score (nSPS) is 11.2. The molecule has 3 heterocycles. The standard InChI is InChI=1S/C50H30N6/c1-51-42-31-43-49(56-47(34-22-10-4-11-23-34)46(53-43)33-20-8-3-9-21-33)44-38-28-16-17-29-39(38)52-48(45(42)44)37-27-15-14-26-36(37)41-30-40(32-18-6-2-7-19-32)54-50(55-41)35-24-12-5-13-25-35/h2-31H. The van der Waals surface area contributed by atoms with Crippen LogP contribution in [0.4, 0.5) is 5.69 Å². The van der Waals surface area contributed by atoms with Crippen molar-refractivity contribution in [3.05, 3.63) is 193 Å². The van der Waals surface area contributed by atoms with Crippen LogP contribution in [0.1, 0.15) is 0 Å². The van der Waals surface area contributed by atoms with E-state index in [2.05, 4.69) is 47.3 Å². The summed E-state index contributed by atoms with van der Waals surface area (Å²) in [5.41, 5.74) is 11.9. The van der Waals surface area contributed by atoms with Gasteiger partial charge in [0, 0.05) is 49.5 Å². The van der Waals surface area contributed by atoms with Gasteiger partial charge in [0.05, 0.1) is 51.6 Å². The van der Waals surface area contributed by atoms with Crippen molar-refractivity contribution in [2.75, 3.05) is 0 Å². The summed E-state index contributed by atoms with van der Waals surface area (Å²) in [5, 5.41) is 2.46. The van der Waals surface area contributed by atoms with Crippen molar-refractivity contribution in [3.8, 4) is 67.7 Å². The first-order valence-electron chi connectivity index (χ1n) is 18.4. The minimum atomic E-state index is 0.453. The molecule has 260 valence electrons. The first-order chi connectivity index (χ1) is 27.7. The molecule has 6 nitrogen and oxygen atoms in total. The van der Waals surface area contributed by atoms with E-state index in [1.54, 1.807) is 0 Å². The number of hydrogen-bond donors (Lipinski definition) is 0. The predicted molar refractivity (Wildman–Crippen MR) is 227 cm³/mol. The van der Waals surface area contributed by atoms with Crippen molar-refractivity contribution in [3.63, 3.8) is 0 Å². The van der Waals surface area contributed by atoms with Crippen molar-refractivity contribution < 1.29 is 0 Å². The van der Waals surface area contributed by atoms with Gasteiger partial charge in [0.2, 0.25) is 0 Å². The maximum absolute atomic E-state index is 8.56. The molecule has 0 aliphatic heterocycles. The third-order valence-corrected chi connectivity index (χ3v) is 10.1. The van der Waals surface area contributed by atoms with Crippen molar-refractivity contribution >= 4 is 38.4 Å². The van der Waals surface area contributed by atoms with Gasteiger partial charge in [0.25, 0.3) is 0 Å². The molecule has 0 unspecified atom stereocenters. The summed E-state index contributed by atoms with van der Waals surface area (Å²) in [4.78, 5) is 30.5. The molecule has 0 spiro atoms. The molecule has 0 aliphatic carbocycles. The number of aromatic nitrogens is 5. The van der Waals surface area contributed by atoms with E-state index in [0.717, 1.165) is 77.8 Å². The van der Waals surface area contributed by atoms with Crippen molar-refractivity contribution in [2.24, 2.45) is 0 Å². The Morgan fingerprint density at radius 3 is 1.55 bits per heavy atom. The lowest BCUT2D eigenvalue weighted by Crippen LogP contribution is -1.99. The van der Waals surface area contributed by atoms with Crippen LogP contribution in [0.2, 0.25) is 0 Å². The second-order valence-corrected chi connectivity index (χ2v) is 13.5. The van der Waals surface area contributed by atoms with Crippen LogP contribution >= 0.6 is 0 Å². The number of benzene rings is 7. The molecular formula is C50H30N6. The van der Waals surface area contributed by atoms with E-state index >= 15 is 0 Å². The van der Waals surface area contributed by atoms with Gasteiger partial charge in [-0.25, -0.2) is 29.8 Å². The number of para-hydroxylation sites is 1. The van der Waals surface area contributed by atoms with Gasteiger partial charge >= 0.3 is 0 Å². The first kappa shape index (κ1) is 32.7. The highest BCUT2D eigenvalue weighted by Crippen LogP contribution is 2.45. The third-order valence-electron chi connectivity index (χ3n) is 10.1. The van der Waals surface area contributed by atoms with Gasteiger partial charge in [-0.3, -0.25) is 0 Å². The third kappa shape index (κ3) is 5.72. The van der Waals surface area contributed by atoms with Gasteiger partial charge in [-0.15, -0.1) is 0 Å². The van der Waals surface area contributed by atoms with Crippen LogP contribution in [0.15, 0.2) is 182 Å². The molecule has 0 bridgehead atoms. The SMILES string of the molecule is [C-]#[N+]c1cc2nc(-c3ccccc3)c(-c3ccccc3)nc2c2c1c(-c1ccccc1-c1cc(-c3ccccc3)nc(-c3ccccc3)n1)nc1ccccc12. The molecule has 10 rings (SSSR count). The maximum atomic E-state index is 8.56. The molecule has 0 aliphatic rings. The largest absolute Gasteiger partial charge is 0.248 e. The second-order valence-electron chi connectivity index (χ2n) is 13.5. The van der Waals surface area contributed by atoms with Gasteiger partial charge in [-0.1, -0.05) is 164 Å². The first-order valence-corrected chi connectivity index (χ1v) is 18.4. The Balaban J connectivity index is 1.29. The number of fused-ring (bicyclic) bond motifs is 5. The smallest absolute Gasteiger partial charge is 0.199 e. The highest BCUT2D eigenvalue weighted by atomic mass is 14.9. The lowest BCUT2D eigenvalue weighted by Gasteiger charge is -2.18. The fraction of sp³-hybridized carbons (Fsp3) is 0. The van der Waals surface area contributed by atoms with E-state index < -0.39 is 0 Å². The molecule has 0 N–H and O–H groups in total. The number of rotatable bonds is 6. The predicted octanol–water partition coefficient (Wildman–Crippen LogP) is 12.7. The molecule has 0 fully saturated rings. The second kappa shape index (κ2) is 13.8. The van der Waals surface area contributed by atoms with E-state index in [-0.39, 0.29) is 0 Å². The van der Waals surface area contributed by atoms with E-state index in [1.807, 2.05) is 140 Å². The minimum absolute atomic E-state index is 0.453. The summed E-state index contributed by atoms with van der Waals surface area (Å²) in [6.45, 7) is 8.56. The molecule has 3 aromatic heterocycles. The Labute approximate surface area is 323 Å². The fourth-order valence-electron chi connectivity index (χ4n) is 7.49. The van der Waals surface area contributed by atoms with Crippen LogP contribution in [0, 0.1) is 6.57 Å². The van der Waals surface area contributed by atoms with Crippen molar-refractivity contribution in [1.82, 2.24) is 24.9 Å². The summed E-state index contributed by atoms with van der Waals surface area (Å²) in [6, 6.07) is 60.6. The van der Waals surface area contributed by atoms with Crippen molar-refractivity contribution in [2.45, 2.75) is 0 Å². The molecule has 0 saturated carbocycles. The molecule has 0 radical (unpaired) electrons. The lowest BCUT2D eigenvalue weighted by molar-refractivity contribution is 1.18. The maximum Gasteiger partial charge on any atom is 0.199 e. The van der Waals surface area contributed by atoms with Crippen molar-refractivity contribution in [1.29, 1.82) is 0 Å². The molecule has 56 heavy (non-hydrogen) atoms. The van der Waals surface area contributed by atoms with E-state index in [4.69, 9.17) is 31.5 Å². The number of hydrogen-bond acceptors (Lipinski definition) is 5. The van der Waals surface area contributed by atoms with Gasteiger partial charge in [-0.05, 0) is 18.2 Å². The Hall–Kier alpha value is -7.88. The zero-order valence-electron chi connectivity index (χ0n) is 30.0. The summed E-state index contributed by atoms with van der Waals surface area (Å²) >= 11 is 0. The summed E-state index contributed by atoms with van der Waals surface area (Å²) in [5.74, 6) is 0.624. The van der Waals surface area contributed by atoms with Crippen LogP contribution in [0.3, 0.4) is 0 Å². The fourth-order valence-corrected chi connectivity index (χ4v) is 7.49. The van der Waals surface area contributed by atoms with Crippen LogP contribution in [0.25, 0.3) is 105 Å². The Morgan fingerprint density at radius 2 is 0.893 bits per heavy atom. The van der Waals surface area contributed by atoms with Gasteiger partial charge in [0.15, 0.2) is 11.5 Å². The zero-order valence-corrected chi connectivity index (χ0v) is 30.0. The minimum Gasteiger partial charge on any atom is -0.248 e. The molecule has 0 atom stereocenters.